The minimum atomic E-state index is -0.691. The Balaban J connectivity index is 1.62. The van der Waals surface area contributed by atoms with Crippen molar-refractivity contribution in [2.75, 3.05) is 18.0 Å². The molecule has 0 unspecified atom stereocenters. The number of thioether (sulfide) groups is 1. The number of hydrogen-bond donors (Lipinski definition) is 1. The van der Waals surface area contributed by atoms with Gasteiger partial charge in [-0.25, -0.2) is 9.18 Å². The molecule has 4 aromatic rings. The van der Waals surface area contributed by atoms with Crippen molar-refractivity contribution in [3.8, 4) is 0 Å². The van der Waals surface area contributed by atoms with E-state index in [9.17, 15) is 4.79 Å². The Hall–Kier alpha value is -3.61. The SMILES string of the molecule is NC[C@H]1CN(c2ccc(SC(c3ccccc3)(c3ccccc3)c3ccccc3)c(F)c2)C(=O)O1. The van der Waals surface area contributed by atoms with E-state index in [4.69, 9.17) is 10.5 Å². The zero-order valence-corrected chi connectivity index (χ0v) is 19.8. The molecule has 35 heavy (non-hydrogen) atoms. The van der Waals surface area contributed by atoms with E-state index in [-0.39, 0.29) is 12.6 Å². The first-order chi connectivity index (χ1) is 17.1. The van der Waals surface area contributed by atoms with Crippen molar-refractivity contribution >= 4 is 23.5 Å². The second-order valence-electron chi connectivity index (χ2n) is 8.35. The summed E-state index contributed by atoms with van der Waals surface area (Å²) in [7, 11) is 0. The van der Waals surface area contributed by atoms with Crippen molar-refractivity contribution in [3.05, 3.63) is 132 Å². The molecule has 1 aliphatic heterocycles. The Labute approximate surface area is 208 Å². The molecule has 2 N–H and O–H groups in total. The third-order valence-electron chi connectivity index (χ3n) is 6.17. The number of anilines is 1. The number of amides is 1. The first kappa shape index (κ1) is 23.1. The average Bonchev–Trinajstić information content (AvgIpc) is 3.30. The van der Waals surface area contributed by atoms with E-state index in [0.29, 0.717) is 17.1 Å². The highest BCUT2D eigenvalue weighted by atomic mass is 32.2. The number of carbonyl (C=O) groups excluding carboxylic acids is 1. The minimum absolute atomic E-state index is 0.229. The maximum atomic E-state index is 15.7. The number of nitrogens with zero attached hydrogens (tertiary/aromatic N) is 1. The number of rotatable bonds is 7. The normalized spacial score (nSPS) is 15.8. The van der Waals surface area contributed by atoms with Crippen LogP contribution >= 0.6 is 11.8 Å². The van der Waals surface area contributed by atoms with E-state index in [0.717, 1.165) is 16.7 Å². The van der Waals surface area contributed by atoms with Crippen LogP contribution in [0.15, 0.2) is 114 Å². The molecule has 0 spiro atoms. The lowest BCUT2D eigenvalue weighted by Crippen LogP contribution is -2.27. The number of carbonyl (C=O) groups is 1. The third kappa shape index (κ3) is 4.43. The zero-order valence-electron chi connectivity index (χ0n) is 19.0. The lowest BCUT2D eigenvalue weighted by atomic mass is 9.84. The Kier molecular flexibility index (Phi) is 6.57. The van der Waals surface area contributed by atoms with Crippen LogP contribution in [0.2, 0.25) is 0 Å². The largest absolute Gasteiger partial charge is 0.443 e. The molecule has 0 aromatic heterocycles. The molecule has 0 saturated carbocycles. The monoisotopic (exact) mass is 484 g/mol. The molecule has 0 bridgehead atoms. The van der Waals surface area contributed by atoms with Crippen molar-refractivity contribution in [1.29, 1.82) is 0 Å². The van der Waals surface area contributed by atoms with Gasteiger partial charge in [-0.1, -0.05) is 91.0 Å². The molecule has 1 fully saturated rings. The summed E-state index contributed by atoms with van der Waals surface area (Å²) in [6.45, 7) is 0.537. The fourth-order valence-electron chi connectivity index (χ4n) is 4.46. The molecular weight excluding hydrogens is 459 g/mol. The van der Waals surface area contributed by atoms with E-state index in [1.165, 1.54) is 22.7 Å². The molecule has 1 amide bonds. The molecule has 6 heteroatoms. The first-order valence-electron chi connectivity index (χ1n) is 11.4. The number of cyclic esters (lactones) is 1. The number of benzene rings is 4. The summed E-state index contributed by atoms with van der Waals surface area (Å²) in [5.74, 6) is -0.399. The lowest BCUT2D eigenvalue weighted by molar-refractivity contribution is 0.145. The molecule has 0 aliphatic carbocycles. The standard InChI is InChI=1S/C29H25FN2O2S/c30-26-18-24(32-20-25(19-31)34-28(32)33)16-17-27(26)35-29(21-10-4-1-5-11-21,22-12-6-2-7-13-22)23-14-8-3-9-15-23/h1-18,25H,19-20,31H2/t25-/m0/s1. The van der Waals surface area contributed by atoms with E-state index in [2.05, 4.69) is 36.4 Å². The minimum Gasteiger partial charge on any atom is -0.443 e. The topological polar surface area (TPSA) is 55.6 Å². The van der Waals surface area contributed by atoms with Crippen molar-refractivity contribution in [3.63, 3.8) is 0 Å². The molecule has 1 heterocycles. The summed E-state index contributed by atoms with van der Waals surface area (Å²) in [5.41, 5.74) is 9.22. The van der Waals surface area contributed by atoms with Gasteiger partial charge in [-0.3, -0.25) is 4.90 Å². The van der Waals surface area contributed by atoms with Crippen LogP contribution < -0.4 is 10.6 Å². The van der Waals surface area contributed by atoms with Gasteiger partial charge in [0.2, 0.25) is 0 Å². The van der Waals surface area contributed by atoms with Crippen LogP contribution in [0.4, 0.5) is 14.9 Å². The van der Waals surface area contributed by atoms with Gasteiger partial charge < -0.3 is 10.5 Å². The lowest BCUT2D eigenvalue weighted by Gasteiger charge is -2.35. The molecule has 1 aliphatic rings. The highest BCUT2D eigenvalue weighted by molar-refractivity contribution is 8.00. The third-order valence-corrected chi connectivity index (χ3v) is 7.73. The zero-order chi connectivity index (χ0) is 24.3. The van der Waals surface area contributed by atoms with Crippen LogP contribution in [0, 0.1) is 5.82 Å². The molecule has 1 atom stereocenters. The molecule has 4 aromatic carbocycles. The number of ether oxygens (including phenoxy) is 1. The highest BCUT2D eigenvalue weighted by Crippen LogP contribution is 2.52. The van der Waals surface area contributed by atoms with Gasteiger partial charge in [0.1, 0.15) is 11.9 Å². The predicted molar refractivity (Wildman–Crippen MR) is 138 cm³/mol. The molecule has 1 saturated heterocycles. The molecule has 4 nitrogen and oxygen atoms in total. The van der Waals surface area contributed by atoms with Gasteiger partial charge in [-0.05, 0) is 34.9 Å². The van der Waals surface area contributed by atoms with Crippen molar-refractivity contribution in [1.82, 2.24) is 0 Å². The van der Waals surface area contributed by atoms with Crippen molar-refractivity contribution < 1.29 is 13.9 Å². The first-order valence-corrected chi connectivity index (χ1v) is 12.3. The van der Waals surface area contributed by atoms with Crippen molar-refractivity contribution in [2.24, 2.45) is 5.73 Å². The smallest absolute Gasteiger partial charge is 0.414 e. The van der Waals surface area contributed by atoms with Crippen LogP contribution in [0.5, 0.6) is 0 Å². The average molecular weight is 485 g/mol. The molecule has 176 valence electrons. The summed E-state index contributed by atoms with van der Waals surface area (Å²) in [6.07, 6.45) is -0.894. The Morgan fingerprint density at radius 1 is 0.857 bits per heavy atom. The van der Waals surface area contributed by atoms with E-state index in [1.54, 1.807) is 12.1 Å². The summed E-state index contributed by atoms with van der Waals surface area (Å²) >= 11 is 1.45. The number of hydrogen-bond acceptors (Lipinski definition) is 4. The van der Waals surface area contributed by atoms with Gasteiger partial charge in [0.25, 0.3) is 0 Å². The Bertz CT molecular complexity index is 1210. The second-order valence-corrected chi connectivity index (χ2v) is 9.60. The summed E-state index contributed by atoms with van der Waals surface area (Å²) in [4.78, 5) is 14.1. The summed E-state index contributed by atoms with van der Waals surface area (Å²) in [6, 6.07) is 35.3. The van der Waals surface area contributed by atoms with Crippen LogP contribution in [-0.4, -0.2) is 25.3 Å². The summed E-state index contributed by atoms with van der Waals surface area (Å²) in [5, 5.41) is 0. The fourth-order valence-corrected chi connectivity index (χ4v) is 5.84. The van der Waals surface area contributed by atoms with Gasteiger partial charge >= 0.3 is 6.09 Å². The number of halogens is 1. The molecular formula is C29H25FN2O2S. The van der Waals surface area contributed by atoms with E-state index >= 15 is 4.39 Å². The summed E-state index contributed by atoms with van der Waals surface area (Å²) < 4.78 is 20.2. The van der Waals surface area contributed by atoms with Crippen LogP contribution in [-0.2, 0) is 9.48 Å². The molecule has 0 radical (unpaired) electrons. The van der Waals surface area contributed by atoms with Crippen LogP contribution in [0.1, 0.15) is 16.7 Å². The Morgan fingerprint density at radius 3 is 1.80 bits per heavy atom. The van der Waals surface area contributed by atoms with E-state index in [1.807, 2.05) is 54.6 Å². The van der Waals surface area contributed by atoms with Crippen LogP contribution in [0.3, 0.4) is 0 Å². The number of nitrogens with two attached hydrogens (primary N) is 1. The Morgan fingerprint density at radius 2 is 1.37 bits per heavy atom. The second kappa shape index (κ2) is 9.94. The van der Waals surface area contributed by atoms with Gasteiger partial charge in [0.05, 0.1) is 17.0 Å². The van der Waals surface area contributed by atoms with Gasteiger partial charge in [-0.15, -0.1) is 11.8 Å². The maximum Gasteiger partial charge on any atom is 0.414 e. The quantitative estimate of drug-likeness (QED) is 0.251. The molecule has 5 rings (SSSR count). The highest BCUT2D eigenvalue weighted by Gasteiger charge is 2.39. The maximum absolute atomic E-state index is 15.7. The fraction of sp³-hybridized carbons (Fsp3) is 0.138. The van der Waals surface area contributed by atoms with Gasteiger partial charge in [-0.2, -0.15) is 0 Å². The predicted octanol–water partition coefficient (Wildman–Crippen LogP) is 6.19. The van der Waals surface area contributed by atoms with Gasteiger partial charge in [0.15, 0.2) is 0 Å². The van der Waals surface area contributed by atoms with Crippen molar-refractivity contribution in [2.45, 2.75) is 15.7 Å². The van der Waals surface area contributed by atoms with E-state index < -0.39 is 16.7 Å². The van der Waals surface area contributed by atoms with Crippen LogP contribution in [0.25, 0.3) is 0 Å². The van der Waals surface area contributed by atoms with Gasteiger partial charge in [0, 0.05) is 11.4 Å².